The predicted molar refractivity (Wildman–Crippen MR) is 130 cm³/mol. The lowest BCUT2D eigenvalue weighted by molar-refractivity contribution is -0.136. The quantitative estimate of drug-likeness (QED) is 0.242. The van der Waals surface area contributed by atoms with Crippen LogP contribution in [0.15, 0.2) is 90.2 Å². The maximum atomic E-state index is 12.2. The van der Waals surface area contributed by atoms with Crippen LogP contribution in [0.25, 0.3) is 16.9 Å². The number of hydrogen-bond acceptors (Lipinski definition) is 4. The molecule has 2 amide bonds. The molecule has 2 N–H and O–H groups in total. The van der Waals surface area contributed by atoms with Crippen molar-refractivity contribution < 1.29 is 9.59 Å². The molecule has 0 aliphatic heterocycles. The van der Waals surface area contributed by atoms with Crippen LogP contribution in [0.3, 0.4) is 0 Å². The molecule has 0 saturated heterocycles. The first kappa shape index (κ1) is 22.3. The van der Waals surface area contributed by atoms with Crippen molar-refractivity contribution in [2.45, 2.75) is 0 Å². The number of hydrazone groups is 1. The molecule has 0 aliphatic rings. The van der Waals surface area contributed by atoms with E-state index in [1.54, 1.807) is 23.0 Å². The van der Waals surface area contributed by atoms with E-state index in [-0.39, 0.29) is 15.7 Å². The lowest BCUT2D eigenvalue weighted by atomic mass is 10.1. The van der Waals surface area contributed by atoms with E-state index in [4.69, 9.17) is 23.2 Å². The van der Waals surface area contributed by atoms with Crippen LogP contribution >= 0.6 is 23.2 Å². The van der Waals surface area contributed by atoms with E-state index >= 15 is 0 Å². The molecule has 1 aromatic heterocycles. The number of nitrogens with zero attached hydrogens (tertiary/aromatic N) is 3. The number of benzene rings is 3. The van der Waals surface area contributed by atoms with Crippen LogP contribution in [0.2, 0.25) is 10.0 Å². The van der Waals surface area contributed by atoms with Crippen molar-refractivity contribution in [3.05, 3.63) is 101 Å². The maximum Gasteiger partial charge on any atom is 0.329 e. The molecule has 7 nitrogen and oxygen atoms in total. The monoisotopic (exact) mass is 477 g/mol. The van der Waals surface area contributed by atoms with E-state index in [0.717, 1.165) is 11.3 Å². The normalized spacial score (nSPS) is 10.8. The molecule has 0 spiro atoms. The van der Waals surface area contributed by atoms with Gasteiger partial charge in [0.25, 0.3) is 0 Å². The van der Waals surface area contributed by atoms with E-state index in [1.807, 2.05) is 60.7 Å². The summed E-state index contributed by atoms with van der Waals surface area (Å²) in [6.45, 7) is 0. The molecule has 33 heavy (non-hydrogen) atoms. The third kappa shape index (κ3) is 5.28. The van der Waals surface area contributed by atoms with Crippen LogP contribution in [0, 0.1) is 0 Å². The van der Waals surface area contributed by atoms with Crippen LogP contribution in [0.1, 0.15) is 5.56 Å². The maximum absolute atomic E-state index is 12.2. The summed E-state index contributed by atoms with van der Waals surface area (Å²) in [7, 11) is 0. The summed E-state index contributed by atoms with van der Waals surface area (Å²) in [5.74, 6) is -1.89. The zero-order chi connectivity index (χ0) is 23.2. The van der Waals surface area contributed by atoms with Crippen LogP contribution in [0.5, 0.6) is 0 Å². The Balaban J connectivity index is 1.52. The van der Waals surface area contributed by atoms with Gasteiger partial charge in [0.15, 0.2) is 0 Å². The van der Waals surface area contributed by atoms with Crippen molar-refractivity contribution in [2.24, 2.45) is 5.10 Å². The third-order valence-corrected chi connectivity index (χ3v) is 5.41. The molecule has 0 saturated carbocycles. The van der Waals surface area contributed by atoms with Crippen LogP contribution in [-0.4, -0.2) is 27.8 Å². The van der Waals surface area contributed by atoms with Crippen LogP contribution < -0.4 is 10.7 Å². The SMILES string of the molecule is O=C(N/N=C/c1cn(-c2ccccc2)nc1-c1ccccc1)C(=O)Nc1cccc(Cl)c1Cl. The fourth-order valence-electron chi connectivity index (χ4n) is 3.01. The standard InChI is InChI=1S/C24H17Cl2N5O2/c25-19-12-7-13-20(21(19)26)28-23(32)24(33)29-27-14-17-15-31(18-10-5-2-6-11-18)30-22(17)16-8-3-1-4-9-16/h1-15H,(H,28,32)(H,29,33)/b27-14+. The van der Waals surface area contributed by atoms with Gasteiger partial charge in [-0.15, -0.1) is 0 Å². The topological polar surface area (TPSA) is 88.4 Å². The summed E-state index contributed by atoms with van der Waals surface area (Å²) in [4.78, 5) is 24.4. The fourth-order valence-corrected chi connectivity index (χ4v) is 3.35. The van der Waals surface area contributed by atoms with Gasteiger partial charge in [-0.05, 0) is 24.3 Å². The predicted octanol–water partition coefficient (Wildman–Crippen LogP) is 4.93. The third-order valence-electron chi connectivity index (χ3n) is 4.59. The summed E-state index contributed by atoms with van der Waals surface area (Å²) in [6.07, 6.45) is 3.23. The van der Waals surface area contributed by atoms with Gasteiger partial charge in [-0.2, -0.15) is 10.2 Å². The highest BCUT2D eigenvalue weighted by Crippen LogP contribution is 2.29. The second-order valence-corrected chi connectivity index (χ2v) is 7.62. The van der Waals surface area contributed by atoms with Gasteiger partial charge < -0.3 is 5.32 Å². The number of rotatable bonds is 5. The average molecular weight is 478 g/mol. The highest BCUT2D eigenvalue weighted by Gasteiger charge is 2.16. The molecule has 9 heteroatoms. The number of hydrogen-bond donors (Lipinski definition) is 2. The Kier molecular flexibility index (Phi) is 6.83. The van der Waals surface area contributed by atoms with Gasteiger partial charge in [0, 0.05) is 17.3 Å². The van der Waals surface area contributed by atoms with E-state index in [9.17, 15) is 9.59 Å². The molecule has 0 bridgehead atoms. The lowest BCUT2D eigenvalue weighted by Gasteiger charge is -2.06. The van der Waals surface area contributed by atoms with Gasteiger partial charge in [0.05, 0.1) is 27.6 Å². The molecule has 4 rings (SSSR count). The minimum Gasteiger partial charge on any atom is -0.316 e. The van der Waals surface area contributed by atoms with Crippen molar-refractivity contribution in [2.75, 3.05) is 5.32 Å². The van der Waals surface area contributed by atoms with Gasteiger partial charge >= 0.3 is 11.8 Å². The Morgan fingerprint density at radius 3 is 2.30 bits per heavy atom. The largest absolute Gasteiger partial charge is 0.329 e. The molecule has 0 fully saturated rings. The Bertz CT molecular complexity index is 1320. The number of para-hydroxylation sites is 1. The number of halogens is 2. The first-order valence-corrected chi connectivity index (χ1v) is 10.6. The van der Waals surface area contributed by atoms with Gasteiger partial charge in [0.2, 0.25) is 0 Å². The highest BCUT2D eigenvalue weighted by atomic mass is 35.5. The first-order valence-electron chi connectivity index (χ1n) is 9.82. The van der Waals surface area contributed by atoms with Crippen molar-refractivity contribution >= 4 is 46.9 Å². The van der Waals surface area contributed by atoms with E-state index in [1.165, 1.54) is 12.3 Å². The molecular formula is C24H17Cl2N5O2. The molecule has 164 valence electrons. The summed E-state index contributed by atoms with van der Waals surface area (Å²) in [6, 6.07) is 23.9. The second-order valence-electron chi connectivity index (χ2n) is 6.83. The molecule has 4 aromatic rings. The van der Waals surface area contributed by atoms with E-state index < -0.39 is 11.8 Å². The second kappa shape index (κ2) is 10.1. The molecule has 0 unspecified atom stereocenters. The highest BCUT2D eigenvalue weighted by molar-refractivity contribution is 6.45. The zero-order valence-corrected chi connectivity index (χ0v) is 18.6. The first-order chi connectivity index (χ1) is 16.0. The molecule has 0 atom stereocenters. The zero-order valence-electron chi connectivity index (χ0n) is 17.1. The summed E-state index contributed by atoms with van der Waals surface area (Å²) in [5.41, 5.74) is 5.53. The molecular weight excluding hydrogens is 461 g/mol. The van der Waals surface area contributed by atoms with Crippen molar-refractivity contribution in [3.8, 4) is 16.9 Å². The van der Waals surface area contributed by atoms with Gasteiger partial charge in [-0.3, -0.25) is 9.59 Å². The molecule has 0 radical (unpaired) electrons. The summed E-state index contributed by atoms with van der Waals surface area (Å²) in [5, 5.41) is 11.4. The molecule has 0 aliphatic carbocycles. The van der Waals surface area contributed by atoms with Gasteiger partial charge in [-0.25, -0.2) is 10.1 Å². The average Bonchev–Trinajstić information content (AvgIpc) is 3.27. The smallest absolute Gasteiger partial charge is 0.316 e. The Hall–Kier alpha value is -3.94. The Morgan fingerprint density at radius 1 is 0.879 bits per heavy atom. The fraction of sp³-hybridized carbons (Fsp3) is 0. The lowest BCUT2D eigenvalue weighted by Crippen LogP contribution is -2.32. The van der Waals surface area contributed by atoms with Crippen LogP contribution in [-0.2, 0) is 9.59 Å². The Labute approximate surface area is 199 Å². The van der Waals surface area contributed by atoms with Crippen molar-refractivity contribution in [1.82, 2.24) is 15.2 Å². The number of carbonyl (C=O) groups excluding carboxylic acids is 2. The number of carbonyl (C=O) groups is 2. The summed E-state index contributed by atoms with van der Waals surface area (Å²) >= 11 is 12.0. The Morgan fingerprint density at radius 2 is 1.58 bits per heavy atom. The van der Waals surface area contributed by atoms with Gasteiger partial charge in [0.1, 0.15) is 5.69 Å². The number of aromatic nitrogens is 2. The molecule has 3 aromatic carbocycles. The minimum absolute atomic E-state index is 0.143. The van der Waals surface area contributed by atoms with Crippen molar-refractivity contribution in [1.29, 1.82) is 0 Å². The number of amides is 2. The van der Waals surface area contributed by atoms with Crippen LogP contribution in [0.4, 0.5) is 5.69 Å². The van der Waals surface area contributed by atoms with E-state index in [2.05, 4.69) is 20.9 Å². The van der Waals surface area contributed by atoms with E-state index in [0.29, 0.717) is 11.3 Å². The van der Waals surface area contributed by atoms with Gasteiger partial charge in [-0.1, -0.05) is 77.8 Å². The number of nitrogens with one attached hydrogen (secondary N) is 2. The summed E-state index contributed by atoms with van der Waals surface area (Å²) < 4.78 is 1.72. The number of anilines is 1. The molecule has 1 heterocycles. The minimum atomic E-state index is -0.959. The van der Waals surface area contributed by atoms with Crippen molar-refractivity contribution in [3.63, 3.8) is 0 Å².